The van der Waals surface area contributed by atoms with Crippen molar-refractivity contribution in [2.45, 2.75) is 13.1 Å². The van der Waals surface area contributed by atoms with Crippen LogP contribution in [0.5, 0.6) is 0 Å². The molecule has 9 heteroatoms. The number of fused-ring (bicyclic) bond motifs is 2. The number of hydrogen-bond donors (Lipinski definition) is 3. The molecule has 27 heavy (non-hydrogen) atoms. The van der Waals surface area contributed by atoms with Gasteiger partial charge in [0.05, 0.1) is 16.8 Å². The molecule has 140 valence electrons. The Balaban J connectivity index is 1.86. The van der Waals surface area contributed by atoms with Crippen molar-refractivity contribution < 1.29 is 17.6 Å². The fourth-order valence-corrected chi connectivity index (χ4v) is 3.08. The van der Waals surface area contributed by atoms with Crippen LogP contribution >= 0.6 is 0 Å². The van der Waals surface area contributed by atoms with Crippen LogP contribution in [-0.4, -0.2) is 21.7 Å². The summed E-state index contributed by atoms with van der Waals surface area (Å²) >= 11 is 0. The maximum atomic E-state index is 14.4. The van der Waals surface area contributed by atoms with Crippen LogP contribution in [0.4, 0.5) is 29.2 Å². The van der Waals surface area contributed by atoms with Crippen LogP contribution in [0, 0.1) is 12.7 Å². The van der Waals surface area contributed by atoms with Crippen molar-refractivity contribution in [3.05, 3.63) is 53.5 Å². The number of halogens is 4. The Labute approximate surface area is 151 Å². The lowest BCUT2D eigenvalue weighted by molar-refractivity contribution is -0.137. The molecule has 0 saturated heterocycles. The lowest BCUT2D eigenvalue weighted by atomic mass is 10.1. The maximum absolute atomic E-state index is 14.4. The fraction of sp³-hybridized carbons (Fsp3) is 0.167. The largest absolute Gasteiger partial charge is 0.416 e. The molecule has 0 aliphatic rings. The first-order chi connectivity index (χ1) is 12.8. The minimum absolute atomic E-state index is 0.0657. The van der Waals surface area contributed by atoms with E-state index in [1.807, 2.05) is 25.1 Å². The Morgan fingerprint density at radius 2 is 1.93 bits per heavy atom. The minimum atomic E-state index is -4.65. The van der Waals surface area contributed by atoms with Gasteiger partial charge in [-0.1, -0.05) is 11.6 Å². The second-order valence-electron chi connectivity index (χ2n) is 6.19. The molecule has 0 bridgehead atoms. The van der Waals surface area contributed by atoms with Crippen LogP contribution in [0.2, 0.25) is 0 Å². The maximum Gasteiger partial charge on any atom is 0.416 e. The Morgan fingerprint density at radius 1 is 1.15 bits per heavy atom. The summed E-state index contributed by atoms with van der Waals surface area (Å²) in [7, 11) is 1.53. The first-order valence-corrected chi connectivity index (χ1v) is 8.09. The molecule has 0 aliphatic heterocycles. The van der Waals surface area contributed by atoms with Crippen LogP contribution < -0.4 is 10.7 Å². The van der Waals surface area contributed by atoms with Gasteiger partial charge in [0.25, 0.3) is 0 Å². The van der Waals surface area contributed by atoms with E-state index in [1.165, 1.54) is 11.7 Å². The molecule has 2 heterocycles. The highest BCUT2D eigenvalue weighted by Gasteiger charge is 2.32. The summed E-state index contributed by atoms with van der Waals surface area (Å²) in [5.74, 6) is -0.836. The third-order valence-electron chi connectivity index (χ3n) is 4.34. The fourth-order valence-electron chi connectivity index (χ4n) is 3.08. The quantitative estimate of drug-likeness (QED) is 0.445. The number of rotatable bonds is 3. The van der Waals surface area contributed by atoms with Crippen molar-refractivity contribution in [3.8, 4) is 0 Å². The number of aromatic amines is 1. The van der Waals surface area contributed by atoms with E-state index in [1.54, 1.807) is 6.20 Å². The topological polar surface area (TPSA) is 57.7 Å². The number of hydrogen-bond acceptors (Lipinski definition) is 3. The normalized spacial score (nSPS) is 12.1. The smallest absolute Gasteiger partial charge is 0.359 e. The second kappa shape index (κ2) is 5.90. The number of nitrogens with zero attached hydrogens (tertiary/aromatic N) is 2. The number of imidazole rings is 1. The highest BCUT2D eigenvalue weighted by atomic mass is 19.4. The number of aryl methyl sites for hydroxylation is 1. The molecule has 0 unspecified atom stereocenters. The second-order valence-corrected chi connectivity index (χ2v) is 6.19. The molecule has 2 aromatic carbocycles. The van der Waals surface area contributed by atoms with E-state index in [0.29, 0.717) is 11.8 Å². The first kappa shape index (κ1) is 17.2. The lowest BCUT2D eigenvalue weighted by Crippen LogP contribution is -2.13. The Hall–Kier alpha value is -3.23. The van der Waals surface area contributed by atoms with E-state index in [4.69, 9.17) is 0 Å². The van der Waals surface area contributed by atoms with Crippen LogP contribution in [0.15, 0.2) is 36.5 Å². The summed E-state index contributed by atoms with van der Waals surface area (Å²) in [6.07, 6.45) is -2.93. The molecule has 0 saturated carbocycles. The summed E-state index contributed by atoms with van der Waals surface area (Å²) in [6, 6.07) is 7.14. The molecular weight excluding hydrogens is 362 g/mol. The number of H-pyrrole nitrogens is 1. The predicted molar refractivity (Wildman–Crippen MR) is 96.3 cm³/mol. The third kappa shape index (κ3) is 2.84. The third-order valence-corrected chi connectivity index (χ3v) is 4.34. The lowest BCUT2D eigenvalue weighted by Gasteiger charge is -2.10. The van der Waals surface area contributed by atoms with Gasteiger partial charge in [-0.15, -0.1) is 0 Å². The summed E-state index contributed by atoms with van der Waals surface area (Å²) in [6.45, 7) is 1.95. The summed E-state index contributed by atoms with van der Waals surface area (Å²) in [5, 5.41) is 3.95. The van der Waals surface area contributed by atoms with Gasteiger partial charge < -0.3 is 15.7 Å². The van der Waals surface area contributed by atoms with Crippen molar-refractivity contribution in [2.24, 2.45) is 0 Å². The standard InChI is InChI=1S/C18H15F4N5/c1-9-3-4-13-11(5-9)15(8-24-13)26-17-25-14-7-10(18(20,21)22)6-12(19)16(14)27(17)23-2/h3-8,23-24H,1-2H3,(H,25,26). The molecule has 0 aliphatic carbocycles. The van der Waals surface area contributed by atoms with Gasteiger partial charge in [0, 0.05) is 24.1 Å². The number of aromatic nitrogens is 3. The van der Waals surface area contributed by atoms with Gasteiger partial charge >= 0.3 is 6.18 Å². The van der Waals surface area contributed by atoms with Crippen molar-refractivity contribution >= 4 is 33.6 Å². The zero-order valence-electron chi connectivity index (χ0n) is 14.4. The van der Waals surface area contributed by atoms with E-state index in [2.05, 4.69) is 20.7 Å². The molecule has 0 radical (unpaired) electrons. The first-order valence-electron chi connectivity index (χ1n) is 8.09. The highest BCUT2D eigenvalue weighted by Crippen LogP contribution is 2.34. The van der Waals surface area contributed by atoms with Gasteiger partial charge in [0.1, 0.15) is 5.52 Å². The average molecular weight is 377 g/mol. The summed E-state index contributed by atoms with van der Waals surface area (Å²) in [5.41, 5.74) is 4.12. The van der Waals surface area contributed by atoms with Crippen LogP contribution in [0.25, 0.3) is 21.9 Å². The van der Waals surface area contributed by atoms with Crippen LogP contribution in [0.1, 0.15) is 11.1 Å². The van der Waals surface area contributed by atoms with E-state index in [9.17, 15) is 17.6 Å². The Morgan fingerprint density at radius 3 is 2.63 bits per heavy atom. The van der Waals surface area contributed by atoms with Gasteiger partial charge in [-0.05, 0) is 31.2 Å². The SMILES string of the molecule is CNn1c(Nc2c[nH]c3ccc(C)cc23)nc2cc(C(F)(F)F)cc(F)c21. The van der Waals surface area contributed by atoms with Crippen LogP contribution in [0.3, 0.4) is 0 Å². The Bertz CT molecular complexity index is 1160. The van der Waals surface area contributed by atoms with E-state index >= 15 is 0 Å². The molecule has 2 aromatic heterocycles. The van der Waals surface area contributed by atoms with Crippen LogP contribution in [-0.2, 0) is 6.18 Å². The molecule has 4 rings (SSSR count). The van der Waals surface area contributed by atoms with Crippen molar-refractivity contribution in [2.75, 3.05) is 17.8 Å². The molecule has 5 nitrogen and oxygen atoms in total. The molecule has 0 atom stereocenters. The monoisotopic (exact) mass is 377 g/mol. The number of benzene rings is 2. The highest BCUT2D eigenvalue weighted by molar-refractivity contribution is 5.94. The van der Waals surface area contributed by atoms with Crippen molar-refractivity contribution in [1.82, 2.24) is 14.6 Å². The molecule has 0 amide bonds. The zero-order chi connectivity index (χ0) is 19.3. The molecule has 0 spiro atoms. The number of nitrogens with one attached hydrogen (secondary N) is 3. The van der Waals surface area contributed by atoms with Gasteiger partial charge in [0.2, 0.25) is 5.95 Å². The van der Waals surface area contributed by atoms with E-state index in [0.717, 1.165) is 22.5 Å². The van der Waals surface area contributed by atoms with Gasteiger partial charge in [-0.2, -0.15) is 13.2 Å². The van der Waals surface area contributed by atoms with Crippen molar-refractivity contribution in [3.63, 3.8) is 0 Å². The molecular formula is C18H15F4N5. The average Bonchev–Trinajstić information content (AvgIpc) is 3.15. The predicted octanol–water partition coefficient (Wildman–Crippen LogP) is 4.90. The van der Waals surface area contributed by atoms with Gasteiger partial charge in [0.15, 0.2) is 5.82 Å². The molecule has 3 N–H and O–H groups in total. The summed E-state index contributed by atoms with van der Waals surface area (Å²) < 4.78 is 54.6. The number of anilines is 2. The minimum Gasteiger partial charge on any atom is -0.359 e. The van der Waals surface area contributed by atoms with E-state index < -0.39 is 17.6 Å². The molecule has 4 aromatic rings. The summed E-state index contributed by atoms with van der Waals surface area (Å²) in [4.78, 5) is 7.26. The van der Waals surface area contributed by atoms with Crippen molar-refractivity contribution in [1.29, 1.82) is 0 Å². The zero-order valence-corrected chi connectivity index (χ0v) is 14.4. The van der Waals surface area contributed by atoms with Gasteiger partial charge in [-0.25, -0.2) is 14.1 Å². The van der Waals surface area contributed by atoms with E-state index in [-0.39, 0.29) is 17.0 Å². The molecule has 0 fully saturated rings. The van der Waals surface area contributed by atoms with Gasteiger partial charge in [-0.3, -0.25) is 0 Å². The Kier molecular flexibility index (Phi) is 3.76. The number of alkyl halides is 3.